The topological polar surface area (TPSA) is 77.1 Å². The zero-order valence-electron chi connectivity index (χ0n) is 20.7. The summed E-state index contributed by atoms with van der Waals surface area (Å²) in [4.78, 5) is 27.6. The van der Waals surface area contributed by atoms with Gasteiger partial charge in [0, 0.05) is 24.7 Å². The summed E-state index contributed by atoms with van der Waals surface area (Å²) in [7, 11) is -0.611. The number of ether oxygens (including phenoxy) is 1. The van der Waals surface area contributed by atoms with E-state index in [1.54, 1.807) is 4.90 Å². The van der Waals surface area contributed by atoms with Gasteiger partial charge in [-0.15, -0.1) is 0 Å². The maximum Gasteiger partial charge on any atom is 0.495 e. The third-order valence-corrected chi connectivity index (χ3v) is 6.47. The predicted octanol–water partition coefficient (Wildman–Crippen LogP) is 3.42. The molecular weight excluding hydrogens is 407 g/mol. The molecule has 1 aromatic rings. The van der Waals surface area contributed by atoms with Crippen LogP contribution < -0.4 is 10.8 Å². The van der Waals surface area contributed by atoms with E-state index >= 15 is 0 Å². The monoisotopic (exact) mass is 444 g/mol. The van der Waals surface area contributed by atoms with Gasteiger partial charge in [-0.2, -0.15) is 0 Å². The van der Waals surface area contributed by atoms with Crippen LogP contribution in [0, 0.1) is 6.92 Å². The number of carbonyl (C=O) groups is 2. The normalized spacial score (nSPS) is 22.6. The Kier molecular flexibility index (Phi) is 6.69. The fraction of sp³-hybridized carbons (Fsp3) is 0.667. The van der Waals surface area contributed by atoms with Gasteiger partial charge in [0.25, 0.3) is 5.91 Å². The molecular formula is C24H37BN2O5. The van der Waals surface area contributed by atoms with Crippen LogP contribution >= 0.6 is 0 Å². The zero-order chi connectivity index (χ0) is 23.9. The molecule has 1 aromatic carbocycles. The first kappa shape index (κ1) is 24.6. The number of rotatable bonds is 3. The number of piperidine rings is 1. The lowest BCUT2D eigenvalue weighted by Crippen LogP contribution is -2.52. The zero-order valence-corrected chi connectivity index (χ0v) is 20.7. The standard InChI is InChI=1S/C24H37BN2O5/c1-16-11-9-13-18(19(16)25-31-23(5,6)24(7,8)32-25)20(28)27-14-10-12-17(15-27)26-21(29)30-22(2,3)4/h9,11,13,17H,10,12,14-15H2,1-8H3,(H,26,29)/t17-/m1/s1. The molecule has 2 saturated heterocycles. The number of hydrogen-bond acceptors (Lipinski definition) is 5. The Balaban J connectivity index is 1.78. The maximum absolute atomic E-state index is 13.6. The van der Waals surface area contributed by atoms with E-state index < -0.39 is 30.0 Å². The highest BCUT2D eigenvalue weighted by Gasteiger charge is 2.53. The van der Waals surface area contributed by atoms with Crippen LogP contribution in [0.5, 0.6) is 0 Å². The number of carbonyl (C=O) groups excluding carboxylic acids is 2. The molecule has 0 unspecified atom stereocenters. The average molecular weight is 444 g/mol. The van der Waals surface area contributed by atoms with Crippen molar-refractivity contribution in [2.75, 3.05) is 13.1 Å². The highest BCUT2D eigenvalue weighted by Crippen LogP contribution is 2.37. The smallest absolute Gasteiger partial charge is 0.444 e. The summed E-state index contributed by atoms with van der Waals surface area (Å²) in [6.07, 6.45) is 1.16. The number of benzene rings is 1. The molecule has 0 spiro atoms. The molecule has 1 atom stereocenters. The Labute approximate surface area is 192 Å². The number of alkyl carbamates (subject to hydrolysis) is 1. The van der Waals surface area contributed by atoms with Gasteiger partial charge in [0.1, 0.15) is 5.60 Å². The van der Waals surface area contributed by atoms with Crippen LogP contribution in [0.4, 0.5) is 4.79 Å². The lowest BCUT2D eigenvalue weighted by molar-refractivity contribution is 0.00578. The van der Waals surface area contributed by atoms with Crippen molar-refractivity contribution in [3.05, 3.63) is 29.3 Å². The summed E-state index contributed by atoms with van der Waals surface area (Å²) < 4.78 is 17.9. The van der Waals surface area contributed by atoms with Crippen LogP contribution in [0.25, 0.3) is 0 Å². The molecule has 0 bridgehead atoms. The summed E-state index contributed by atoms with van der Waals surface area (Å²) in [5, 5.41) is 2.91. The van der Waals surface area contributed by atoms with E-state index in [1.807, 2.05) is 73.6 Å². The van der Waals surface area contributed by atoms with Crippen LogP contribution in [-0.2, 0) is 14.0 Å². The third kappa shape index (κ3) is 5.29. The summed E-state index contributed by atoms with van der Waals surface area (Å²) in [6.45, 7) is 16.6. The van der Waals surface area contributed by atoms with Gasteiger partial charge in [-0.3, -0.25) is 4.79 Å². The minimum absolute atomic E-state index is 0.0749. The van der Waals surface area contributed by atoms with E-state index in [4.69, 9.17) is 14.0 Å². The molecule has 2 amide bonds. The first-order chi connectivity index (χ1) is 14.7. The van der Waals surface area contributed by atoms with E-state index in [9.17, 15) is 9.59 Å². The van der Waals surface area contributed by atoms with E-state index in [1.165, 1.54) is 0 Å². The third-order valence-electron chi connectivity index (χ3n) is 6.47. The molecule has 2 aliphatic rings. The van der Waals surface area contributed by atoms with Crippen LogP contribution in [0.1, 0.15) is 77.2 Å². The molecule has 2 heterocycles. The van der Waals surface area contributed by atoms with Crippen LogP contribution in [0.15, 0.2) is 18.2 Å². The molecule has 0 saturated carbocycles. The largest absolute Gasteiger partial charge is 0.495 e. The summed E-state index contributed by atoms with van der Waals surface area (Å²) in [5.74, 6) is -0.0749. The van der Waals surface area contributed by atoms with Crippen LogP contribution in [0.2, 0.25) is 0 Å². The number of aryl methyl sites for hydroxylation is 1. The molecule has 2 fully saturated rings. The van der Waals surface area contributed by atoms with Gasteiger partial charge in [0.05, 0.1) is 11.2 Å². The minimum atomic E-state index is -0.611. The van der Waals surface area contributed by atoms with Gasteiger partial charge in [0.2, 0.25) is 0 Å². The van der Waals surface area contributed by atoms with Crippen molar-refractivity contribution in [3.8, 4) is 0 Å². The van der Waals surface area contributed by atoms with Crippen LogP contribution in [-0.4, -0.2) is 60.0 Å². The van der Waals surface area contributed by atoms with Gasteiger partial charge in [-0.25, -0.2) is 4.79 Å². The molecule has 0 aromatic heterocycles. The first-order valence-corrected chi connectivity index (χ1v) is 11.4. The maximum atomic E-state index is 13.6. The molecule has 1 N–H and O–H groups in total. The number of nitrogens with zero attached hydrogens (tertiary/aromatic N) is 1. The van der Waals surface area contributed by atoms with E-state index in [0.717, 1.165) is 23.9 Å². The number of likely N-dealkylation sites (tertiary alicyclic amines) is 1. The summed E-state index contributed by atoms with van der Waals surface area (Å²) >= 11 is 0. The molecule has 2 aliphatic heterocycles. The van der Waals surface area contributed by atoms with Gasteiger partial charge in [-0.1, -0.05) is 17.7 Å². The average Bonchev–Trinajstić information content (AvgIpc) is 2.86. The highest BCUT2D eigenvalue weighted by atomic mass is 16.7. The second kappa shape index (κ2) is 8.71. The first-order valence-electron chi connectivity index (χ1n) is 11.4. The quantitative estimate of drug-likeness (QED) is 0.723. The lowest BCUT2D eigenvalue weighted by Gasteiger charge is -2.34. The highest BCUT2D eigenvalue weighted by molar-refractivity contribution is 6.64. The van der Waals surface area contributed by atoms with Crippen molar-refractivity contribution < 1.29 is 23.6 Å². The van der Waals surface area contributed by atoms with Gasteiger partial charge in [-0.05, 0) is 79.8 Å². The molecule has 0 aliphatic carbocycles. The fourth-order valence-electron chi connectivity index (χ4n) is 4.06. The van der Waals surface area contributed by atoms with Gasteiger partial charge < -0.3 is 24.3 Å². The Hall–Kier alpha value is -2.06. The lowest BCUT2D eigenvalue weighted by atomic mass is 9.73. The fourth-order valence-corrected chi connectivity index (χ4v) is 4.06. The molecule has 176 valence electrons. The van der Waals surface area contributed by atoms with Gasteiger partial charge in [0.15, 0.2) is 0 Å². The van der Waals surface area contributed by atoms with Gasteiger partial charge >= 0.3 is 13.2 Å². The Morgan fingerprint density at radius 2 is 1.78 bits per heavy atom. The Morgan fingerprint density at radius 1 is 1.16 bits per heavy atom. The Morgan fingerprint density at radius 3 is 2.38 bits per heavy atom. The summed E-state index contributed by atoms with van der Waals surface area (Å²) in [6, 6.07) is 5.55. The van der Waals surface area contributed by atoms with Crippen LogP contribution in [0.3, 0.4) is 0 Å². The molecule has 7 nitrogen and oxygen atoms in total. The van der Waals surface area contributed by atoms with Crippen molar-refractivity contribution in [1.82, 2.24) is 10.2 Å². The molecule has 32 heavy (non-hydrogen) atoms. The second-order valence-electron chi connectivity index (χ2n) is 10.9. The van der Waals surface area contributed by atoms with Crippen molar-refractivity contribution in [3.63, 3.8) is 0 Å². The van der Waals surface area contributed by atoms with E-state index in [2.05, 4.69) is 5.32 Å². The number of nitrogens with one attached hydrogen (secondary N) is 1. The SMILES string of the molecule is Cc1cccc(C(=O)N2CCC[C@@H](NC(=O)OC(C)(C)C)C2)c1B1OC(C)(C)C(C)(C)O1. The van der Waals surface area contributed by atoms with E-state index in [-0.39, 0.29) is 11.9 Å². The second-order valence-corrected chi connectivity index (χ2v) is 10.9. The van der Waals surface area contributed by atoms with Crippen molar-refractivity contribution in [2.24, 2.45) is 0 Å². The minimum Gasteiger partial charge on any atom is -0.444 e. The van der Waals surface area contributed by atoms with Crippen molar-refractivity contribution in [2.45, 2.75) is 91.1 Å². The predicted molar refractivity (Wildman–Crippen MR) is 125 cm³/mol. The van der Waals surface area contributed by atoms with Crippen molar-refractivity contribution >= 4 is 24.6 Å². The van der Waals surface area contributed by atoms with E-state index in [0.29, 0.717) is 18.7 Å². The molecule has 3 rings (SSSR count). The molecule has 0 radical (unpaired) electrons. The Bertz CT molecular complexity index is 862. The number of hydrogen-bond donors (Lipinski definition) is 1. The summed E-state index contributed by atoms with van der Waals surface area (Å²) in [5.41, 5.74) is 0.768. The number of amides is 2. The van der Waals surface area contributed by atoms with Crippen molar-refractivity contribution in [1.29, 1.82) is 0 Å². The molecule has 8 heteroatoms.